The number of unbranched alkanes of at least 4 members (excludes halogenated alkanes) is 2. The molecule has 1 saturated heterocycles. The van der Waals surface area contributed by atoms with Crippen molar-refractivity contribution in [3.05, 3.63) is 108 Å². The van der Waals surface area contributed by atoms with E-state index in [1.807, 2.05) is 50.6 Å². The van der Waals surface area contributed by atoms with Gasteiger partial charge in [-0.2, -0.15) is 4.58 Å². The SMILES string of the molecule is CC1(C)C(/C=C/C=C/C=C2/N(CCCCCC(=O)ON3C(=O)CCC3=O)c3ccc4cc(S(=O)(=O)[O-])ccc4c3C2(C)C)=[N+](CC(=O)NS(C)(=O)=O)c2ccc3cc(S(=O)(=O)[O-])ccc3c21.[K+]. The molecule has 0 radical (unpaired) electrons. The average molecular weight is 999 g/mol. The molecule has 3 amide bonds. The number of carbonyl (C=O) groups is 4. The second-order valence-electron chi connectivity index (χ2n) is 17.4. The van der Waals surface area contributed by atoms with E-state index in [9.17, 15) is 53.5 Å². The van der Waals surface area contributed by atoms with Crippen LogP contribution in [0.1, 0.15) is 77.3 Å². The third-order valence-electron chi connectivity index (χ3n) is 12.0. The molecular formula is C46H47KN4O13S3. The molecule has 21 heteroatoms. The van der Waals surface area contributed by atoms with Crippen molar-refractivity contribution < 1.29 is 114 Å². The third kappa shape index (κ3) is 10.9. The zero-order chi connectivity index (χ0) is 48.1. The molecule has 67 heavy (non-hydrogen) atoms. The van der Waals surface area contributed by atoms with Gasteiger partial charge in [0.05, 0.1) is 21.5 Å². The molecular weight excluding hydrogens is 952 g/mol. The molecule has 0 saturated carbocycles. The Labute approximate surface area is 431 Å². The fraction of sp³-hybridized carbons (Fsp3) is 0.326. The molecule has 3 heterocycles. The van der Waals surface area contributed by atoms with E-state index >= 15 is 0 Å². The Morgan fingerprint density at radius 2 is 1.34 bits per heavy atom. The van der Waals surface area contributed by atoms with Gasteiger partial charge in [0.1, 0.15) is 20.2 Å². The largest absolute Gasteiger partial charge is 1.00 e. The summed E-state index contributed by atoms with van der Waals surface area (Å²) in [5, 5.41) is 2.98. The number of anilines is 1. The second-order valence-corrected chi connectivity index (χ2v) is 21.9. The Bertz CT molecular complexity index is 3220. The summed E-state index contributed by atoms with van der Waals surface area (Å²) in [4.78, 5) is 55.7. The normalized spacial score (nSPS) is 17.6. The van der Waals surface area contributed by atoms with Gasteiger partial charge in [0.2, 0.25) is 22.3 Å². The Kier molecular flexibility index (Phi) is 15.1. The molecule has 3 aliphatic rings. The van der Waals surface area contributed by atoms with E-state index in [4.69, 9.17) is 4.84 Å². The number of allylic oxidation sites excluding steroid dienone is 6. The van der Waals surface area contributed by atoms with Gasteiger partial charge in [0.15, 0.2) is 5.71 Å². The Hall–Kier alpha value is -4.42. The van der Waals surface area contributed by atoms with Crippen LogP contribution in [0.4, 0.5) is 11.4 Å². The van der Waals surface area contributed by atoms with E-state index in [-0.39, 0.29) is 82.1 Å². The molecule has 0 bridgehead atoms. The maximum absolute atomic E-state index is 13.1. The number of sulfonamides is 1. The summed E-state index contributed by atoms with van der Waals surface area (Å²) < 4.78 is 99.0. The smallest absolute Gasteiger partial charge is 0.744 e. The van der Waals surface area contributed by atoms with Crippen molar-refractivity contribution in [3.63, 3.8) is 0 Å². The van der Waals surface area contributed by atoms with Gasteiger partial charge < -0.3 is 18.8 Å². The minimum absolute atomic E-state index is 0. The number of imide groups is 1. The zero-order valence-corrected chi connectivity index (χ0v) is 43.3. The summed E-state index contributed by atoms with van der Waals surface area (Å²) in [5.74, 6) is -2.57. The van der Waals surface area contributed by atoms with Crippen molar-refractivity contribution in [1.29, 1.82) is 0 Å². The van der Waals surface area contributed by atoms with Crippen LogP contribution in [0.15, 0.2) is 107 Å². The van der Waals surface area contributed by atoms with Gasteiger partial charge in [-0.15, -0.1) is 5.06 Å². The van der Waals surface area contributed by atoms with Gasteiger partial charge in [-0.1, -0.05) is 56.7 Å². The van der Waals surface area contributed by atoms with E-state index in [0.29, 0.717) is 58.4 Å². The molecule has 0 unspecified atom stereocenters. The first-order chi connectivity index (χ1) is 30.8. The van der Waals surface area contributed by atoms with Crippen LogP contribution in [-0.2, 0) is 65.1 Å². The summed E-state index contributed by atoms with van der Waals surface area (Å²) in [6.45, 7) is 8.03. The van der Waals surface area contributed by atoms with Crippen molar-refractivity contribution in [2.45, 2.75) is 86.8 Å². The number of amides is 3. The number of fused-ring (bicyclic) bond motifs is 6. The van der Waals surface area contributed by atoms with Crippen molar-refractivity contribution in [2.75, 3.05) is 24.2 Å². The van der Waals surface area contributed by atoms with Crippen LogP contribution in [0.25, 0.3) is 21.5 Å². The maximum Gasteiger partial charge on any atom is 1.00 e. The number of hydroxylamine groups is 2. The Morgan fingerprint density at radius 1 is 0.761 bits per heavy atom. The predicted molar refractivity (Wildman–Crippen MR) is 242 cm³/mol. The van der Waals surface area contributed by atoms with Crippen LogP contribution in [0.2, 0.25) is 0 Å². The molecule has 4 aromatic rings. The Balaban J connectivity index is 0.00000741. The molecule has 17 nitrogen and oxygen atoms in total. The number of nitrogens with zero attached hydrogens (tertiary/aromatic N) is 3. The summed E-state index contributed by atoms with van der Waals surface area (Å²) in [7, 11) is -13.3. The van der Waals surface area contributed by atoms with Crippen molar-refractivity contribution >= 4 is 92.6 Å². The van der Waals surface area contributed by atoms with Crippen LogP contribution in [0, 0.1) is 0 Å². The monoisotopic (exact) mass is 998 g/mol. The van der Waals surface area contributed by atoms with Crippen LogP contribution >= 0.6 is 0 Å². The molecule has 4 aromatic carbocycles. The number of hydrogen-bond donors (Lipinski definition) is 1. The first kappa shape index (κ1) is 52.0. The minimum atomic E-state index is -4.74. The quantitative estimate of drug-likeness (QED) is 0.0448. The number of nitrogens with one attached hydrogen (secondary N) is 1. The minimum Gasteiger partial charge on any atom is -0.744 e. The van der Waals surface area contributed by atoms with Crippen LogP contribution in [0.5, 0.6) is 0 Å². The van der Waals surface area contributed by atoms with E-state index in [1.54, 1.807) is 53.1 Å². The molecule has 7 rings (SSSR count). The molecule has 1 fully saturated rings. The van der Waals surface area contributed by atoms with Crippen LogP contribution in [-0.4, -0.2) is 92.7 Å². The molecule has 0 aliphatic carbocycles. The van der Waals surface area contributed by atoms with Crippen molar-refractivity contribution in [3.8, 4) is 0 Å². The van der Waals surface area contributed by atoms with Crippen molar-refractivity contribution in [1.82, 2.24) is 9.79 Å². The maximum atomic E-state index is 13.1. The molecule has 0 spiro atoms. The molecule has 0 aromatic heterocycles. The Morgan fingerprint density at radius 3 is 1.93 bits per heavy atom. The van der Waals surface area contributed by atoms with Gasteiger partial charge in [0.25, 0.3) is 17.7 Å². The van der Waals surface area contributed by atoms with Gasteiger partial charge in [0, 0.05) is 60.3 Å². The first-order valence-electron chi connectivity index (χ1n) is 20.9. The molecule has 348 valence electrons. The fourth-order valence-corrected chi connectivity index (χ4v) is 10.6. The second kappa shape index (κ2) is 19.5. The average Bonchev–Trinajstić information content (AvgIpc) is 3.73. The summed E-state index contributed by atoms with van der Waals surface area (Å²) in [6.07, 6.45) is 11.7. The standard InChI is InChI=1S/C46H48N4O13S3.K/c1-45(2)37(48(25-11-7-10-14-42(54)63-50-40(52)23-24-41(50)53)35-21-15-29-26-31(65(57,58)59)17-19-33(29)43(35)45)12-8-6-9-13-38-46(3,4)44-34-20-18-32(66(60,61)62)27-30(34)16-22-36(44)49(38)28-39(51)47-64(5,55)56;/h6,8-9,12-13,15-22,26-27H,7,10-11,14,23-25,28H2,1-5H3,(H2-,47,51,57,58,59,60,61,62);/q;+1/p-1. The predicted octanol–water partition coefficient (Wildman–Crippen LogP) is 2.22. The van der Waals surface area contributed by atoms with E-state index in [2.05, 4.69) is 4.90 Å². The van der Waals surface area contributed by atoms with E-state index < -0.39 is 69.7 Å². The van der Waals surface area contributed by atoms with E-state index in [1.165, 1.54) is 24.3 Å². The number of carbonyl (C=O) groups excluding carboxylic acids is 4. The van der Waals surface area contributed by atoms with Crippen molar-refractivity contribution in [2.24, 2.45) is 0 Å². The topological polar surface area (TPSA) is 248 Å². The zero-order valence-electron chi connectivity index (χ0n) is 37.7. The molecule has 3 aliphatic heterocycles. The number of benzene rings is 4. The summed E-state index contributed by atoms with van der Waals surface area (Å²) in [5.41, 5.74) is 3.11. The van der Waals surface area contributed by atoms with Crippen LogP contribution in [0.3, 0.4) is 0 Å². The first-order valence-corrected chi connectivity index (χ1v) is 25.6. The van der Waals surface area contributed by atoms with Crippen LogP contribution < -0.4 is 61.0 Å². The number of hydrogen-bond acceptors (Lipinski definition) is 14. The van der Waals surface area contributed by atoms with Gasteiger partial charge in [-0.3, -0.25) is 14.4 Å². The summed E-state index contributed by atoms with van der Waals surface area (Å²) in [6, 6.07) is 15.3. The number of rotatable bonds is 15. The summed E-state index contributed by atoms with van der Waals surface area (Å²) >= 11 is 0. The van der Waals surface area contributed by atoms with Gasteiger partial charge in [-0.05, 0) is 96.3 Å². The van der Waals surface area contributed by atoms with Gasteiger partial charge in [-0.25, -0.2) is 34.8 Å². The van der Waals surface area contributed by atoms with Gasteiger partial charge >= 0.3 is 57.4 Å². The molecule has 1 N–H and O–H groups in total. The van der Waals surface area contributed by atoms with E-state index in [0.717, 1.165) is 34.2 Å². The fourth-order valence-electron chi connectivity index (χ4n) is 9.13. The molecule has 0 atom stereocenters. The third-order valence-corrected chi connectivity index (χ3v) is 14.3.